The minimum absolute atomic E-state index is 0.140. The van der Waals surface area contributed by atoms with Crippen LogP contribution >= 0.6 is 0 Å². The van der Waals surface area contributed by atoms with Crippen molar-refractivity contribution in [3.63, 3.8) is 0 Å². The molecule has 0 aliphatic heterocycles. The first kappa shape index (κ1) is 15.1. The number of nitrogens with zero attached hydrogens (tertiary/aromatic N) is 1. The van der Waals surface area contributed by atoms with Crippen LogP contribution < -0.4 is 15.4 Å². The van der Waals surface area contributed by atoms with Crippen LogP contribution in [0.5, 0.6) is 0 Å². The summed E-state index contributed by atoms with van der Waals surface area (Å²) in [6, 6.07) is 5.68. The molecule has 6 heteroatoms. The van der Waals surface area contributed by atoms with Crippen LogP contribution in [-0.4, -0.2) is 28.6 Å². The van der Waals surface area contributed by atoms with Crippen molar-refractivity contribution in [2.45, 2.75) is 43.0 Å². The van der Waals surface area contributed by atoms with E-state index in [1.807, 2.05) is 6.07 Å². The predicted octanol–water partition coefficient (Wildman–Crippen LogP) is 1.95. The van der Waals surface area contributed by atoms with E-state index in [-0.39, 0.29) is 4.90 Å². The number of hydrogen-bond acceptors (Lipinski definition) is 4. The molecule has 0 unspecified atom stereocenters. The SMILES string of the molecule is CNS(=O)(=O)c1ccc(N(C)C2CCCCC2)cc1N. The first-order valence-electron chi connectivity index (χ1n) is 7.01. The van der Waals surface area contributed by atoms with E-state index in [0.29, 0.717) is 11.7 Å². The number of nitrogens with two attached hydrogens (primary N) is 1. The summed E-state index contributed by atoms with van der Waals surface area (Å²) >= 11 is 0. The zero-order chi connectivity index (χ0) is 14.8. The van der Waals surface area contributed by atoms with Gasteiger partial charge in [-0.15, -0.1) is 0 Å². The summed E-state index contributed by atoms with van der Waals surface area (Å²) in [5.74, 6) is 0. The molecule has 112 valence electrons. The predicted molar refractivity (Wildman–Crippen MR) is 82.4 cm³/mol. The van der Waals surface area contributed by atoms with E-state index in [1.54, 1.807) is 12.1 Å². The zero-order valence-electron chi connectivity index (χ0n) is 12.1. The Morgan fingerprint density at radius 3 is 2.45 bits per heavy atom. The largest absolute Gasteiger partial charge is 0.398 e. The van der Waals surface area contributed by atoms with Gasteiger partial charge in [0.25, 0.3) is 0 Å². The van der Waals surface area contributed by atoms with E-state index in [9.17, 15) is 8.42 Å². The summed E-state index contributed by atoms with van der Waals surface area (Å²) < 4.78 is 25.9. The molecule has 0 amide bonds. The highest BCUT2D eigenvalue weighted by Crippen LogP contribution is 2.29. The van der Waals surface area contributed by atoms with Crippen LogP contribution in [0, 0.1) is 0 Å². The fourth-order valence-corrected chi connectivity index (χ4v) is 3.63. The van der Waals surface area contributed by atoms with Gasteiger partial charge in [-0.2, -0.15) is 0 Å². The topological polar surface area (TPSA) is 75.4 Å². The van der Waals surface area contributed by atoms with Crippen LogP contribution in [0.2, 0.25) is 0 Å². The van der Waals surface area contributed by atoms with E-state index in [1.165, 1.54) is 39.2 Å². The average Bonchev–Trinajstić information content (AvgIpc) is 2.47. The van der Waals surface area contributed by atoms with Gasteiger partial charge < -0.3 is 10.6 Å². The Balaban J connectivity index is 2.24. The van der Waals surface area contributed by atoms with Crippen molar-refractivity contribution in [1.82, 2.24) is 4.72 Å². The summed E-state index contributed by atoms with van der Waals surface area (Å²) in [5.41, 5.74) is 7.17. The molecule has 1 aliphatic rings. The second kappa shape index (κ2) is 6.01. The minimum Gasteiger partial charge on any atom is -0.398 e. The maximum Gasteiger partial charge on any atom is 0.242 e. The summed E-state index contributed by atoms with van der Waals surface area (Å²) in [5, 5.41) is 0. The van der Waals surface area contributed by atoms with Crippen molar-refractivity contribution >= 4 is 21.4 Å². The lowest BCUT2D eigenvalue weighted by atomic mass is 9.94. The van der Waals surface area contributed by atoms with Crippen LogP contribution in [0.15, 0.2) is 23.1 Å². The molecule has 0 spiro atoms. The summed E-state index contributed by atoms with van der Waals surface area (Å²) in [6.45, 7) is 0. The molecule has 0 aromatic heterocycles. The second-order valence-corrected chi connectivity index (χ2v) is 7.19. The summed E-state index contributed by atoms with van der Waals surface area (Å²) in [4.78, 5) is 2.35. The van der Waals surface area contributed by atoms with Gasteiger partial charge in [-0.3, -0.25) is 0 Å². The molecule has 5 nitrogen and oxygen atoms in total. The number of rotatable bonds is 4. The number of anilines is 2. The van der Waals surface area contributed by atoms with Crippen molar-refractivity contribution in [1.29, 1.82) is 0 Å². The molecular weight excluding hydrogens is 274 g/mol. The molecule has 0 saturated heterocycles. The zero-order valence-corrected chi connectivity index (χ0v) is 12.9. The molecule has 0 heterocycles. The van der Waals surface area contributed by atoms with Crippen LogP contribution in [-0.2, 0) is 10.0 Å². The van der Waals surface area contributed by atoms with E-state index in [4.69, 9.17) is 5.73 Å². The van der Waals surface area contributed by atoms with Gasteiger partial charge in [0.2, 0.25) is 10.0 Å². The number of nitrogen functional groups attached to an aromatic ring is 1. The van der Waals surface area contributed by atoms with Crippen LogP contribution in [0.3, 0.4) is 0 Å². The van der Waals surface area contributed by atoms with Crippen molar-refractivity contribution in [3.8, 4) is 0 Å². The highest BCUT2D eigenvalue weighted by molar-refractivity contribution is 7.89. The molecule has 1 aromatic rings. The van der Waals surface area contributed by atoms with Gasteiger partial charge in [0.1, 0.15) is 4.90 Å². The molecule has 1 saturated carbocycles. The van der Waals surface area contributed by atoms with Crippen LogP contribution in [0.1, 0.15) is 32.1 Å². The van der Waals surface area contributed by atoms with Gasteiger partial charge in [0.15, 0.2) is 0 Å². The molecule has 0 radical (unpaired) electrons. The van der Waals surface area contributed by atoms with E-state index < -0.39 is 10.0 Å². The first-order chi connectivity index (χ1) is 9.45. The van der Waals surface area contributed by atoms with Gasteiger partial charge in [-0.25, -0.2) is 13.1 Å². The normalized spacial score (nSPS) is 17.1. The lowest BCUT2D eigenvalue weighted by Gasteiger charge is -2.33. The van der Waals surface area contributed by atoms with Crippen molar-refractivity contribution in [2.75, 3.05) is 24.7 Å². The van der Waals surface area contributed by atoms with Gasteiger partial charge in [-0.1, -0.05) is 19.3 Å². The van der Waals surface area contributed by atoms with Gasteiger partial charge in [-0.05, 0) is 38.1 Å². The van der Waals surface area contributed by atoms with E-state index in [2.05, 4.69) is 16.7 Å². The Labute approximate surface area is 121 Å². The molecule has 2 rings (SSSR count). The number of nitrogens with one attached hydrogen (secondary N) is 1. The molecule has 1 aliphatic carbocycles. The molecule has 20 heavy (non-hydrogen) atoms. The van der Waals surface area contributed by atoms with Crippen LogP contribution in [0.4, 0.5) is 11.4 Å². The van der Waals surface area contributed by atoms with Crippen molar-refractivity contribution in [3.05, 3.63) is 18.2 Å². The fraction of sp³-hybridized carbons (Fsp3) is 0.571. The summed E-state index contributed by atoms with van der Waals surface area (Å²) in [6.07, 6.45) is 6.21. The van der Waals surface area contributed by atoms with Gasteiger partial charge in [0.05, 0.1) is 5.69 Å². The average molecular weight is 297 g/mol. The molecule has 0 bridgehead atoms. The monoisotopic (exact) mass is 297 g/mol. The molecule has 1 aromatic carbocycles. The minimum atomic E-state index is -3.49. The smallest absolute Gasteiger partial charge is 0.242 e. The van der Waals surface area contributed by atoms with Crippen molar-refractivity contribution < 1.29 is 8.42 Å². The molecule has 3 N–H and O–H groups in total. The molecular formula is C14H23N3O2S. The Morgan fingerprint density at radius 1 is 1.25 bits per heavy atom. The Bertz CT molecular complexity index is 566. The highest BCUT2D eigenvalue weighted by atomic mass is 32.2. The van der Waals surface area contributed by atoms with E-state index >= 15 is 0 Å². The first-order valence-corrected chi connectivity index (χ1v) is 8.50. The maximum atomic E-state index is 11.8. The maximum absolute atomic E-state index is 11.8. The Hall–Kier alpha value is -1.27. The van der Waals surface area contributed by atoms with Gasteiger partial charge >= 0.3 is 0 Å². The fourth-order valence-electron chi connectivity index (χ4n) is 2.79. The quantitative estimate of drug-likeness (QED) is 0.833. The third-order valence-electron chi connectivity index (χ3n) is 4.08. The second-order valence-electron chi connectivity index (χ2n) is 5.33. The molecule has 0 atom stereocenters. The standard InChI is InChI=1S/C14H23N3O2S/c1-16-20(18,19)14-9-8-12(10-13(14)15)17(2)11-6-4-3-5-7-11/h8-11,16H,3-7,15H2,1-2H3. The Kier molecular flexibility index (Phi) is 4.55. The third kappa shape index (κ3) is 3.07. The lowest BCUT2D eigenvalue weighted by molar-refractivity contribution is 0.427. The van der Waals surface area contributed by atoms with E-state index in [0.717, 1.165) is 5.69 Å². The number of sulfonamides is 1. The number of benzene rings is 1. The van der Waals surface area contributed by atoms with Gasteiger partial charge in [0, 0.05) is 18.8 Å². The molecule has 1 fully saturated rings. The van der Waals surface area contributed by atoms with Crippen molar-refractivity contribution in [2.24, 2.45) is 0 Å². The summed E-state index contributed by atoms with van der Waals surface area (Å²) in [7, 11) is -0.0514. The lowest BCUT2D eigenvalue weighted by Crippen LogP contribution is -2.33. The third-order valence-corrected chi connectivity index (χ3v) is 5.57. The highest BCUT2D eigenvalue weighted by Gasteiger charge is 2.20. The van der Waals surface area contributed by atoms with Crippen LogP contribution in [0.25, 0.3) is 0 Å². The Morgan fingerprint density at radius 2 is 1.90 bits per heavy atom. The number of hydrogen-bond donors (Lipinski definition) is 2.